The lowest BCUT2D eigenvalue weighted by Crippen LogP contribution is -2.46. The van der Waals surface area contributed by atoms with Gasteiger partial charge in [-0.2, -0.15) is 0 Å². The fourth-order valence-electron chi connectivity index (χ4n) is 3.26. The average Bonchev–Trinajstić information content (AvgIpc) is 2.54. The van der Waals surface area contributed by atoms with Gasteiger partial charge in [-0.3, -0.25) is 9.59 Å². The number of hydrogen-bond donors (Lipinski definition) is 2. The molecule has 5 heteroatoms. The second-order valence-electron chi connectivity index (χ2n) is 6.31. The van der Waals surface area contributed by atoms with Gasteiger partial charge in [-0.05, 0) is 51.1 Å². The zero-order chi connectivity index (χ0) is 15.1. The van der Waals surface area contributed by atoms with Crippen LogP contribution in [0, 0.1) is 5.92 Å². The maximum Gasteiger partial charge on any atom is 0.222 e. The lowest BCUT2D eigenvalue weighted by atomic mass is 9.93. The smallest absolute Gasteiger partial charge is 0.222 e. The zero-order valence-electron chi connectivity index (χ0n) is 13.2. The molecule has 0 aromatic rings. The Labute approximate surface area is 127 Å². The average molecular weight is 295 g/mol. The number of amides is 2. The maximum atomic E-state index is 12.2. The monoisotopic (exact) mass is 295 g/mol. The normalized spacial score (nSPS) is 21.3. The van der Waals surface area contributed by atoms with E-state index in [1.165, 1.54) is 12.8 Å². The van der Waals surface area contributed by atoms with E-state index in [1.54, 1.807) is 0 Å². The summed E-state index contributed by atoms with van der Waals surface area (Å²) < 4.78 is 0. The third kappa shape index (κ3) is 5.30. The molecular weight excluding hydrogens is 266 g/mol. The van der Waals surface area contributed by atoms with Crippen LogP contribution in [0.1, 0.15) is 51.9 Å². The lowest BCUT2D eigenvalue weighted by Gasteiger charge is -2.33. The Bertz CT molecular complexity index is 345. The molecule has 0 saturated carbocycles. The summed E-state index contributed by atoms with van der Waals surface area (Å²) >= 11 is 0. The number of hydrogen-bond acceptors (Lipinski definition) is 3. The van der Waals surface area contributed by atoms with Gasteiger partial charge in [0, 0.05) is 32.0 Å². The Balaban J connectivity index is 1.64. The van der Waals surface area contributed by atoms with E-state index in [9.17, 15) is 9.59 Å². The van der Waals surface area contributed by atoms with E-state index in [0.29, 0.717) is 18.7 Å². The van der Waals surface area contributed by atoms with E-state index in [-0.39, 0.29) is 11.9 Å². The molecule has 2 aliphatic heterocycles. The number of nitrogens with zero attached hydrogens (tertiary/aromatic N) is 1. The fraction of sp³-hybridized carbons (Fsp3) is 0.875. The van der Waals surface area contributed by atoms with E-state index in [2.05, 4.69) is 10.6 Å². The summed E-state index contributed by atoms with van der Waals surface area (Å²) in [5, 5.41) is 6.39. The van der Waals surface area contributed by atoms with Gasteiger partial charge in [-0.25, -0.2) is 0 Å². The van der Waals surface area contributed by atoms with Crippen molar-refractivity contribution in [3.05, 3.63) is 0 Å². The molecule has 120 valence electrons. The van der Waals surface area contributed by atoms with Gasteiger partial charge >= 0.3 is 0 Å². The molecule has 2 rings (SSSR count). The molecule has 0 unspecified atom stereocenters. The molecule has 0 radical (unpaired) electrons. The predicted molar refractivity (Wildman–Crippen MR) is 82.9 cm³/mol. The molecule has 0 aromatic carbocycles. The zero-order valence-corrected chi connectivity index (χ0v) is 13.2. The highest BCUT2D eigenvalue weighted by molar-refractivity contribution is 5.77. The number of carbonyl (C=O) groups excluding carboxylic acids is 2. The molecule has 2 aliphatic rings. The van der Waals surface area contributed by atoms with Crippen molar-refractivity contribution in [3.63, 3.8) is 0 Å². The molecule has 0 aromatic heterocycles. The summed E-state index contributed by atoms with van der Waals surface area (Å²) in [5.74, 6) is 1.14. The van der Waals surface area contributed by atoms with Crippen LogP contribution in [0.25, 0.3) is 0 Å². The summed E-state index contributed by atoms with van der Waals surface area (Å²) in [5.41, 5.74) is 0. The van der Waals surface area contributed by atoms with Crippen molar-refractivity contribution in [3.8, 4) is 0 Å². The summed E-state index contributed by atoms with van der Waals surface area (Å²) in [4.78, 5) is 25.6. The minimum Gasteiger partial charge on any atom is -0.353 e. The van der Waals surface area contributed by atoms with Crippen LogP contribution in [0.3, 0.4) is 0 Å². The molecule has 0 aliphatic carbocycles. The Morgan fingerprint density at radius 1 is 1.14 bits per heavy atom. The van der Waals surface area contributed by atoms with Gasteiger partial charge in [0.1, 0.15) is 0 Å². The topological polar surface area (TPSA) is 61.4 Å². The summed E-state index contributed by atoms with van der Waals surface area (Å²) in [7, 11) is 0. The van der Waals surface area contributed by atoms with Gasteiger partial charge in [-0.1, -0.05) is 6.92 Å². The second-order valence-corrected chi connectivity index (χ2v) is 6.31. The van der Waals surface area contributed by atoms with Crippen LogP contribution in [0.5, 0.6) is 0 Å². The number of rotatable bonds is 5. The van der Waals surface area contributed by atoms with Crippen molar-refractivity contribution in [1.82, 2.24) is 15.5 Å². The van der Waals surface area contributed by atoms with Gasteiger partial charge in [0.2, 0.25) is 11.8 Å². The van der Waals surface area contributed by atoms with Crippen molar-refractivity contribution in [2.45, 2.75) is 57.9 Å². The van der Waals surface area contributed by atoms with Gasteiger partial charge in [0.15, 0.2) is 0 Å². The molecule has 21 heavy (non-hydrogen) atoms. The molecular formula is C16H29N3O2. The van der Waals surface area contributed by atoms with Gasteiger partial charge in [0.25, 0.3) is 0 Å². The first-order valence-electron chi connectivity index (χ1n) is 8.47. The lowest BCUT2D eigenvalue weighted by molar-refractivity contribution is -0.132. The highest BCUT2D eigenvalue weighted by Gasteiger charge is 2.24. The van der Waals surface area contributed by atoms with Crippen molar-refractivity contribution in [1.29, 1.82) is 0 Å². The first-order chi connectivity index (χ1) is 10.2. The molecule has 2 saturated heterocycles. The SMILES string of the molecule is CCC(=O)NC1CCN(C(=O)CCC2CCNCC2)CC1. The Morgan fingerprint density at radius 3 is 2.43 bits per heavy atom. The van der Waals surface area contributed by atoms with Crippen LogP contribution in [-0.2, 0) is 9.59 Å². The Hall–Kier alpha value is -1.10. The molecule has 2 amide bonds. The molecule has 0 spiro atoms. The minimum absolute atomic E-state index is 0.116. The minimum atomic E-state index is 0.116. The molecule has 5 nitrogen and oxygen atoms in total. The van der Waals surface area contributed by atoms with E-state index in [1.807, 2.05) is 11.8 Å². The molecule has 2 heterocycles. The highest BCUT2D eigenvalue weighted by atomic mass is 16.2. The van der Waals surface area contributed by atoms with Crippen molar-refractivity contribution < 1.29 is 9.59 Å². The number of piperidine rings is 2. The van der Waals surface area contributed by atoms with Crippen molar-refractivity contribution >= 4 is 11.8 Å². The third-order valence-electron chi connectivity index (χ3n) is 4.76. The largest absolute Gasteiger partial charge is 0.353 e. The molecule has 2 fully saturated rings. The van der Waals surface area contributed by atoms with E-state index in [4.69, 9.17) is 0 Å². The molecule has 0 atom stereocenters. The first kappa shape index (κ1) is 16.3. The second kappa shape index (κ2) is 8.37. The Morgan fingerprint density at radius 2 is 1.81 bits per heavy atom. The fourth-order valence-corrected chi connectivity index (χ4v) is 3.26. The Kier molecular flexibility index (Phi) is 6.49. The predicted octanol–water partition coefficient (Wildman–Crippen LogP) is 1.28. The quantitative estimate of drug-likeness (QED) is 0.803. The van der Waals surface area contributed by atoms with Crippen molar-refractivity contribution in [2.24, 2.45) is 5.92 Å². The standard InChI is InChI=1S/C16H29N3O2/c1-2-15(20)18-14-7-11-19(12-8-14)16(21)4-3-13-5-9-17-10-6-13/h13-14,17H,2-12H2,1H3,(H,18,20). The van der Waals surface area contributed by atoms with Crippen LogP contribution in [-0.4, -0.2) is 48.9 Å². The maximum absolute atomic E-state index is 12.2. The third-order valence-corrected chi connectivity index (χ3v) is 4.76. The van der Waals surface area contributed by atoms with Crippen LogP contribution in [0.4, 0.5) is 0 Å². The first-order valence-corrected chi connectivity index (χ1v) is 8.47. The van der Waals surface area contributed by atoms with Gasteiger partial charge in [0.05, 0.1) is 0 Å². The molecule has 0 bridgehead atoms. The number of likely N-dealkylation sites (tertiary alicyclic amines) is 1. The van der Waals surface area contributed by atoms with Gasteiger partial charge < -0.3 is 15.5 Å². The van der Waals surface area contributed by atoms with E-state index in [0.717, 1.165) is 51.4 Å². The van der Waals surface area contributed by atoms with E-state index >= 15 is 0 Å². The summed E-state index contributed by atoms with van der Waals surface area (Å²) in [6.45, 7) is 5.65. The summed E-state index contributed by atoms with van der Waals surface area (Å²) in [6.07, 6.45) is 6.46. The van der Waals surface area contributed by atoms with Gasteiger partial charge in [-0.15, -0.1) is 0 Å². The number of nitrogens with one attached hydrogen (secondary N) is 2. The van der Waals surface area contributed by atoms with Crippen LogP contribution < -0.4 is 10.6 Å². The van der Waals surface area contributed by atoms with Crippen molar-refractivity contribution in [2.75, 3.05) is 26.2 Å². The molecule has 2 N–H and O–H groups in total. The van der Waals surface area contributed by atoms with E-state index < -0.39 is 0 Å². The highest BCUT2D eigenvalue weighted by Crippen LogP contribution is 2.19. The summed E-state index contributed by atoms with van der Waals surface area (Å²) in [6, 6.07) is 0.255. The van der Waals surface area contributed by atoms with Crippen LogP contribution >= 0.6 is 0 Å². The van der Waals surface area contributed by atoms with Crippen LogP contribution in [0.15, 0.2) is 0 Å². The number of carbonyl (C=O) groups is 2. The van der Waals surface area contributed by atoms with Crippen LogP contribution in [0.2, 0.25) is 0 Å².